The molecule has 0 spiro atoms. The van der Waals surface area contributed by atoms with Gasteiger partial charge in [0.2, 0.25) is 11.8 Å². The number of carbonyl (C=O) groups excluding carboxylic acids is 2. The Labute approximate surface area is 135 Å². The number of hydrogen-bond acceptors (Lipinski definition) is 3. The lowest BCUT2D eigenvalue weighted by atomic mass is 10.1. The van der Waals surface area contributed by atoms with Crippen molar-refractivity contribution in [2.75, 3.05) is 13.6 Å². The van der Waals surface area contributed by atoms with E-state index in [-0.39, 0.29) is 23.5 Å². The highest BCUT2D eigenvalue weighted by Gasteiger charge is 2.35. The molecule has 126 valence electrons. The molecule has 0 saturated heterocycles. The molecule has 2 atom stereocenters. The Hall–Kier alpha value is -1.95. The molecular weight excluding hydrogens is 299 g/mol. The third-order valence-electron chi connectivity index (χ3n) is 4.02. The van der Waals surface area contributed by atoms with Crippen LogP contribution in [0.15, 0.2) is 24.3 Å². The third-order valence-corrected chi connectivity index (χ3v) is 4.02. The van der Waals surface area contributed by atoms with Crippen LogP contribution < -0.4 is 5.32 Å². The minimum absolute atomic E-state index is 0.0198. The van der Waals surface area contributed by atoms with Gasteiger partial charge in [-0.15, -0.1) is 0 Å². The number of aliphatic hydroxyl groups excluding tert-OH is 1. The lowest BCUT2D eigenvalue weighted by molar-refractivity contribution is -0.138. The van der Waals surface area contributed by atoms with Crippen molar-refractivity contribution in [3.63, 3.8) is 0 Å². The van der Waals surface area contributed by atoms with Crippen molar-refractivity contribution in [1.29, 1.82) is 0 Å². The van der Waals surface area contributed by atoms with Crippen LogP contribution in [0.1, 0.15) is 25.3 Å². The topological polar surface area (TPSA) is 69.6 Å². The Bertz CT molecular complexity index is 555. The van der Waals surface area contributed by atoms with Crippen molar-refractivity contribution < 1.29 is 19.1 Å². The standard InChI is InChI=1S/C17H23FN2O3/c1-11(21)15(19-16(22)13-5-6-13)17(23)20(2)10-9-12-3-7-14(18)8-4-12/h3-4,7-8,11,13,15,21H,5-6,9-10H2,1-2H3,(H,19,22). The van der Waals surface area contributed by atoms with Crippen LogP contribution >= 0.6 is 0 Å². The van der Waals surface area contributed by atoms with E-state index in [0.717, 1.165) is 18.4 Å². The maximum absolute atomic E-state index is 12.9. The summed E-state index contributed by atoms with van der Waals surface area (Å²) < 4.78 is 12.9. The van der Waals surface area contributed by atoms with E-state index in [2.05, 4.69) is 5.32 Å². The van der Waals surface area contributed by atoms with Gasteiger partial charge in [0.1, 0.15) is 11.9 Å². The Morgan fingerprint density at radius 3 is 2.48 bits per heavy atom. The second-order valence-electron chi connectivity index (χ2n) is 6.14. The maximum Gasteiger partial charge on any atom is 0.247 e. The van der Waals surface area contributed by atoms with Gasteiger partial charge < -0.3 is 15.3 Å². The minimum atomic E-state index is -0.960. The van der Waals surface area contributed by atoms with Crippen LogP contribution in [-0.4, -0.2) is 47.6 Å². The molecule has 2 unspecified atom stereocenters. The molecule has 2 rings (SSSR count). The molecule has 0 heterocycles. The van der Waals surface area contributed by atoms with Crippen LogP contribution in [0.2, 0.25) is 0 Å². The van der Waals surface area contributed by atoms with Crippen molar-refractivity contribution in [3.05, 3.63) is 35.6 Å². The molecular formula is C17H23FN2O3. The zero-order chi connectivity index (χ0) is 17.0. The Morgan fingerprint density at radius 1 is 1.35 bits per heavy atom. The maximum atomic E-state index is 12.9. The zero-order valence-electron chi connectivity index (χ0n) is 13.5. The van der Waals surface area contributed by atoms with E-state index in [4.69, 9.17) is 0 Å². The monoisotopic (exact) mass is 322 g/mol. The van der Waals surface area contributed by atoms with Gasteiger partial charge in [0.15, 0.2) is 0 Å². The average molecular weight is 322 g/mol. The lowest BCUT2D eigenvalue weighted by Gasteiger charge is -2.26. The molecule has 2 N–H and O–H groups in total. The molecule has 1 aliphatic carbocycles. The van der Waals surface area contributed by atoms with Gasteiger partial charge in [-0.05, 0) is 43.9 Å². The van der Waals surface area contributed by atoms with Crippen molar-refractivity contribution in [2.45, 2.75) is 38.3 Å². The summed E-state index contributed by atoms with van der Waals surface area (Å²) >= 11 is 0. The van der Waals surface area contributed by atoms with E-state index in [1.165, 1.54) is 24.0 Å². The fraction of sp³-hybridized carbons (Fsp3) is 0.529. The molecule has 23 heavy (non-hydrogen) atoms. The van der Waals surface area contributed by atoms with E-state index in [1.807, 2.05) is 0 Å². The molecule has 1 aromatic rings. The molecule has 1 aromatic carbocycles. The summed E-state index contributed by atoms with van der Waals surface area (Å²) in [5.74, 6) is -0.809. The number of rotatable bonds is 7. The fourth-order valence-corrected chi connectivity index (χ4v) is 2.30. The van der Waals surface area contributed by atoms with E-state index >= 15 is 0 Å². The summed E-state index contributed by atoms with van der Waals surface area (Å²) in [6.07, 6.45) is 1.30. The number of halogens is 1. The largest absolute Gasteiger partial charge is 0.391 e. The normalized spacial score (nSPS) is 16.5. The first-order valence-corrected chi connectivity index (χ1v) is 7.86. The van der Waals surface area contributed by atoms with Gasteiger partial charge in [-0.25, -0.2) is 4.39 Å². The number of likely N-dealkylation sites (N-methyl/N-ethyl adjacent to an activating group) is 1. The first-order valence-electron chi connectivity index (χ1n) is 7.86. The number of carbonyl (C=O) groups is 2. The molecule has 0 aromatic heterocycles. The lowest BCUT2D eigenvalue weighted by Crippen LogP contribution is -2.53. The molecule has 2 amide bonds. The first-order chi connectivity index (χ1) is 10.9. The van der Waals surface area contributed by atoms with Crippen LogP contribution in [0.4, 0.5) is 4.39 Å². The molecule has 1 saturated carbocycles. The molecule has 6 heteroatoms. The summed E-state index contributed by atoms with van der Waals surface area (Å²) in [7, 11) is 1.63. The summed E-state index contributed by atoms with van der Waals surface area (Å²) in [6, 6.07) is 5.18. The second-order valence-corrected chi connectivity index (χ2v) is 6.14. The highest BCUT2D eigenvalue weighted by atomic mass is 19.1. The fourth-order valence-electron chi connectivity index (χ4n) is 2.30. The van der Waals surface area contributed by atoms with E-state index in [0.29, 0.717) is 13.0 Å². The molecule has 0 bridgehead atoms. The number of amides is 2. The molecule has 1 aliphatic rings. The van der Waals surface area contributed by atoms with Gasteiger partial charge in [0.05, 0.1) is 6.10 Å². The molecule has 0 aliphatic heterocycles. The van der Waals surface area contributed by atoms with E-state index < -0.39 is 12.1 Å². The van der Waals surface area contributed by atoms with Gasteiger partial charge in [0.25, 0.3) is 0 Å². The number of nitrogens with one attached hydrogen (secondary N) is 1. The molecule has 1 fully saturated rings. The van der Waals surface area contributed by atoms with Crippen LogP contribution in [0.3, 0.4) is 0 Å². The predicted octanol–water partition coefficient (Wildman–Crippen LogP) is 1.10. The van der Waals surface area contributed by atoms with E-state index in [9.17, 15) is 19.1 Å². The van der Waals surface area contributed by atoms with Crippen molar-refractivity contribution >= 4 is 11.8 Å². The minimum Gasteiger partial charge on any atom is -0.391 e. The van der Waals surface area contributed by atoms with Crippen LogP contribution in [0, 0.1) is 11.7 Å². The summed E-state index contributed by atoms with van der Waals surface area (Å²) in [5, 5.41) is 12.4. The smallest absolute Gasteiger partial charge is 0.247 e. The number of hydrogen-bond donors (Lipinski definition) is 2. The van der Waals surface area contributed by atoms with Gasteiger partial charge in [0, 0.05) is 19.5 Å². The molecule has 5 nitrogen and oxygen atoms in total. The van der Waals surface area contributed by atoms with Crippen molar-refractivity contribution in [1.82, 2.24) is 10.2 Å². The van der Waals surface area contributed by atoms with Crippen LogP contribution in [-0.2, 0) is 16.0 Å². The SMILES string of the molecule is CC(O)C(NC(=O)C1CC1)C(=O)N(C)CCc1ccc(F)cc1. The van der Waals surface area contributed by atoms with Crippen LogP contribution in [0.5, 0.6) is 0 Å². The number of benzene rings is 1. The van der Waals surface area contributed by atoms with Gasteiger partial charge in [-0.2, -0.15) is 0 Å². The van der Waals surface area contributed by atoms with E-state index in [1.54, 1.807) is 19.2 Å². The van der Waals surface area contributed by atoms with Gasteiger partial charge in [-0.3, -0.25) is 9.59 Å². The number of aliphatic hydroxyl groups is 1. The number of nitrogens with zero attached hydrogens (tertiary/aromatic N) is 1. The predicted molar refractivity (Wildman–Crippen MR) is 84.1 cm³/mol. The third kappa shape index (κ3) is 5.03. The zero-order valence-corrected chi connectivity index (χ0v) is 13.5. The Kier molecular flexibility index (Phi) is 5.71. The first kappa shape index (κ1) is 17.4. The summed E-state index contributed by atoms with van der Waals surface area (Å²) in [4.78, 5) is 25.7. The van der Waals surface area contributed by atoms with Crippen molar-refractivity contribution in [2.24, 2.45) is 5.92 Å². The second kappa shape index (κ2) is 7.55. The highest BCUT2D eigenvalue weighted by Crippen LogP contribution is 2.29. The van der Waals surface area contributed by atoms with Gasteiger partial charge >= 0.3 is 0 Å². The van der Waals surface area contributed by atoms with Crippen LogP contribution in [0.25, 0.3) is 0 Å². The highest BCUT2D eigenvalue weighted by molar-refractivity contribution is 5.89. The van der Waals surface area contributed by atoms with Crippen molar-refractivity contribution in [3.8, 4) is 0 Å². The van der Waals surface area contributed by atoms with Gasteiger partial charge in [-0.1, -0.05) is 12.1 Å². The molecule has 0 radical (unpaired) electrons. The summed E-state index contributed by atoms with van der Waals surface area (Å²) in [5.41, 5.74) is 0.918. The summed E-state index contributed by atoms with van der Waals surface area (Å²) in [6.45, 7) is 1.91. The average Bonchev–Trinajstić information content (AvgIpc) is 3.35. The Morgan fingerprint density at radius 2 is 1.96 bits per heavy atom. The quantitative estimate of drug-likeness (QED) is 0.790. The Balaban J connectivity index is 1.89.